The van der Waals surface area contributed by atoms with Crippen LogP contribution in [0.25, 0.3) is 61.0 Å². The summed E-state index contributed by atoms with van der Waals surface area (Å²) in [5.74, 6) is 0. The number of hydrogen-bond donors (Lipinski definition) is 1. The summed E-state index contributed by atoms with van der Waals surface area (Å²) in [6.07, 6.45) is 6.31. The minimum atomic E-state index is 1.05. The van der Waals surface area contributed by atoms with Gasteiger partial charge in [0.05, 0.1) is 22.4 Å². The molecule has 0 unspecified atom stereocenters. The lowest BCUT2D eigenvalue weighted by Gasteiger charge is -2.39. The molecule has 0 radical (unpaired) electrons. The molecule has 57 heavy (non-hydrogen) atoms. The normalized spacial score (nSPS) is 13.1. The van der Waals surface area contributed by atoms with Gasteiger partial charge < -0.3 is 14.8 Å². The van der Waals surface area contributed by atoms with Gasteiger partial charge in [-0.1, -0.05) is 146 Å². The van der Waals surface area contributed by atoms with Gasteiger partial charge in [-0.05, 0) is 101 Å². The van der Waals surface area contributed by atoms with E-state index in [2.05, 4.69) is 228 Å². The van der Waals surface area contributed by atoms with Crippen LogP contribution in [-0.2, 0) is 0 Å². The van der Waals surface area contributed by atoms with Gasteiger partial charge in [0.1, 0.15) is 0 Å². The summed E-state index contributed by atoms with van der Waals surface area (Å²) in [7, 11) is 0. The summed E-state index contributed by atoms with van der Waals surface area (Å²) in [5, 5.41) is 6.12. The van der Waals surface area contributed by atoms with E-state index in [4.69, 9.17) is 0 Å². The molecule has 1 aromatic heterocycles. The summed E-state index contributed by atoms with van der Waals surface area (Å²) in [5.41, 5.74) is 17.1. The third kappa shape index (κ3) is 6.12. The average Bonchev–Trinajstić information content (AvgIpc) is 3.60. The van der Waals surface area contributed by atoms with Gasteiger partial charge in [-0.25, -0.2) is 0 Å². The van der Waals surface area contributed by atoms with Crippen LogP contribution in [0.5, 0.6) is 0 Å². The second kappa shape index (κ2) is 14.6. The van der Waals surface area contributed by atoms with E-state index in [1.807, 2.05) is 12.1 Å². The molecule has 9 aromatic rings. The number of para-hydroxylation sites is 6. The van der Waals surface area contributed by atoms with E-state index in [0.717, 1.165) is 61.8 Å². The number of allylic oxidation sites excluding steroid dienone is 4. The van der Waals surface area contributed by atoms with Gasteiger partial charge in [0.2, 0.25) is 0 Å². The lowest BCUT2D eigenvalue weighted by molar-refractivity contribution is 1.18. The largest absolute Gasteiger partial charge is 0.355 e. The van der Waals surface area contributed by atoms with E-state index in [1.165, 1.54) is 33.1 Å². The van der Waals surface area contributed by atoms with Crippen LogP contribution in [0.1, 0.15) is 11.1 Å². The molecule has 8 aromatic carbocycles. The fourth-order valence-electron chi connectivity index (χ4n) is 8.29. The maximum Gasteiger partial charge on any atom is 0.0619 e. The Bertz CT molecular complexity index is 2990. The molecule has 2 heterocycles. The standard InChI is InChI=1S/C54H39N3/c1-2-19-38(37-53-47-30-14-17-33-52(47)56(53)43-24-8-4-9-25-43)39-20-18-21-40(34-39)48-35-41(45-28-12-15-31-50(45)55-42-22-6-3-7-23-42)36-49-46-29-13-16-32-51(46)57(54(48)49)44-26-10-5-11-27-44/h2-37,55H,1H2/b38-19+,53-37-. The maximum atomic E-state index is 4.14. The molecular formula is C54H39N3. The predicted octanol–water partition coefficient (Wildman–Crippen LogP) is 14.6. The average molecular weight is 730 g/mol. The Balaban J connectivity index is 1.19. The van der Waals surface area contributed by atoms with E-state index >= 15 is 0 Å². The highest BCUT2D eigenvalue weighted by Gasteiger charge is 2.30. The molecule has 270 valence electrons. The minimum absolute atomic E-state index is 1.05. The highest BCUT2D eigenvalue weighted by Crippen LogP contribution is 2.49. The first-order valence-electron chi connectivity index (χ1n) is 19.4. The van der Waals surface area contributed by atoms with Gasteiger partial charge in [-0.3, -0.25) is 0 Å². The zero-order valence-electron chi connectivity index (χ0n) is 31.4. The van der Waals surface area contributed by atoms with Crippen LogP contribution in [0.4, 0.5) is 22.7 Å². The molecule has 1 N–H and O–H groups in total. The van der Waals surface area contributed by atoms with E-state index in [1.54, 1.807) is 0 Å². The van der Waals surface area contributed by atoms with Gasteiger partial charge in [0.25, 0.3) is 0 Å². The van der Waals surface area contributed by atoms with Crippen LogP contribution >= 0.6 is 0 Å². The number of hydrogen-bond acceptors (Lipinski definition) is 2. The van der Waals surface area contributed by atoms with Gasteiger partial charge in [0, 0.05) is 50.2 Å². The summed E-state index contributed by atoms with van der Waals surface area (Å²) in [6.45, 7) is 4.14. The molecule has 0 saturated carbocycles. The zero-order chi connectivity index (χ0) is 38.1. The summed E-state index contributed by atoms with van der Waals surface area (Å²) in [4.78, 5) is 2.34. The number of benzene rings is 8. The number of nitrogens with one attached hydrogen (secondary N) is 1. The molecule has 1 aliphatic rings. The van der Waals surface area contributed by atoms with Gasteiger partial charge in [-0.2, -0.15) is 0 Å². The first-order chi connectivity index (χ1) is 28.2. The molecule has 0 aliphatic carbocycles. The number of aromatic nitrogens is 1. The second-order valence-electron chi connectivity index (χ2n) is 14.3. The van der Waals surface area contributed by atoms with Crippen molar-refractivity contribution in [2.45, 2.75) is 0 Å². The van der Waals surface area contributed by atoms with Crippen molar-refractivity contribution < 1.29 is 0 Å². The molecule has 10 rings (SSSR count). The highest BCUT2D eigenvalue weighted by molar-refractivity contribution is 6.16. The fraction of sp³-hybridized carbons (Fsp3) is 0. The monoisotopic (exact) mass is 729 g/mol. The lowest BCUT2D eigenvalue weighted by atomic mass is 9.91. The summed E-state index contributed by atoms with van der Waals surface area (Å²) >= 11 is 0. The Morgan fingerprint density at radius 2 is 1.18 bits per heavy atom. The van der Waals surface area contributed by atoms with Crippen molar-refractivity contribution in [1.29, 1.82) is 0 Å². The fourth-order valence-corrected chi connectivity index (χ4v) is 8.29. The van der Waals surface area contributed by atoms with Crippen molar-refractivity contribution in [3.63, 3.8) is 0 Å². The molecule has 3 nitrogen and oxygen atoms in total. The quantitative estimate of drug-likeness (QED) is 0.149. The lowest BCUT2D eigenvalue weighted by Crippen LogP contribution is -2.26. The molecule has 0 bridgehead atoms. The van der Waals surface area contributed by atoms with E-state index < -0.39 is 0 Å². The Morgan fingerprint density at radius 3 is 1.96 bits per heavy atom. The third-order valence-corrected chi connectivity index (χ3v) is 10.8. The SMILES string of the molecule is C=C/C=C(\C=C1\c2ccccc2N1c1ccccc1)c1cccc(-c2cc(-c3ccccc3Nc3ccccc3)cc3c4ccccc4n(-c4ccccc4)c23)c1. The second-order valence-corrected chi connectivity index (χ2v) is 14.3. The Labute approximate surface area is 333 Å². The molecule has 3 heteroatoms. The summed E-state index contributed by atoms with van der Waals surface area (Å²) < 4.78 is 2.43. The van der Waals surface area contributed by atoms with Crippen LogP contribution in [0.15, 0.2) is 225 Å². The van der Waals surface area contributed by atoms with Crippen LogP contribution in [0.2, 0.25) is 0 Å². The van der Waals surface area contributed by atoms with Crippen LogP contribution in [0, 0.1) is 0 Å². The summed E-state index contributed by atoms with van der Waals surface area (Å²) in [6, 6.07) is 71.4. The zero-order valence-corrected chi connectivity index (χ0v) is 31.4. The maximum absolute atomic E-state index is 4.14. The number of rotatable bonds is 9. The number of anilines is 4. The van der Waals surface area contributed by atoms with Crippen molar-refractivity contribution in [3.8, 4) is 27.9 Å². The predicted molar refractivity (Wildman–Crippen MR) is 243 cm³/mol. The Morgan fingerprint density at radius 1 is 0.509 bits per heavy atom. The van der Waals surface area contributed by atoms with E-state index in [-0.39, 0.29) is 0 Å². The molecular weight excluding hydrogens is 691 g/mol. The Hall–Kier alpha value is -7.62. The van der Waals surface area contributed by atoms with Gasteiger partial charge in [0.15, 0.2) is 0 Å². The van der Waals surface area contributed by atoms with Crippen molar-refractivity contribution >= 4 is 55.8 Å². The third-order valence-electron chi connectivity index (χ3n) is 10.8. The van der Waals surface area contributed by atoms with Crippen molar-refractivity contribution in [1.82, 2.24) is 4.57 Å². The van der Waals surface area contributed by atoms with Crippen molar-refractivity contribution in [3.05, 3.63) is 236 Å². The van der Waals surface area contributed by atoms with Crippen LogP contribution in [-0.4, -0.2) is 4.57 Å². The minimum Gasteiger partial charge on any atom is -0.355 e. The van der Waals surface area contributed by atoms with Gasteiger partial charge in [-0.15, -0.1) is 0 Å². The first-order valence-corrected chi connectivity index (χ1v) is 19.4. The van der Waals surface area contributed by atoms with E-state index in [9.17, 15) is 0 Å². The topological polar surface area (TPSA) is 20.2 Å². The first kappa shape index (κ1) is 33.9. The molecule has 1 aliphatic heterocycles. The van der Waals surface area contributed by atoms with Crippen LogP contribution in [0.3, 0.4) is 0 Å². The number of fused-ring (bicyclic) bond motifs is 4. The molecule has 0 atom stereocenters. The van der Waals surface area contributed by atoms with E-state index in [0.29, 0.717) is 0 Å². The van der Waals surface area contributed by atoms with Crippen molar-refractivity contribution in [2.75, 3.05) is 10.2 Å². The molecule has 0 amide bonds. The van der Waals surface area contributed by atoms with Gasteiger partial charge >= 0.3 is 0 Å². The smallest absolute Gasteiger partial charge is 0.0619 e. The van der Waals surface area contributed by atoms with Crippen molar-refractivity contribution in [2.24, 2.45) is 0 Å². The number of nitrogens with zero attached hydrogens (tertiary/aromatic N) is 2. The van der Waals surface area contributed by atoms with Crippen LogP contribution < -0.4 is 10.2 Å². The molecule has 0 spiro atoms. The molecule has 0 fully saturated rings. The Kier molecular flexibility index (Phi) is 8.66. The highest BCUT2D eigenvalue weighted by atomic mass is 15.2. The molecule has 0 saturated heterocycles.